The molecule has 0 atom stereocenters. The van der Waals surface area contributed by atoms with Crippen LogP contribution in [0, 0.1) is 0 Å². The van der Waals surface area contributed by atoms with Gasteiger partial charge in [-0.2, -0.15) is 0 Å². The third-order valence-electron chi connectivity index (χ3n) is 12.1. The lowest BCUT2D eigenvalue weighted by molar-refractivity contribution is 0.670. The van der Waals surface area contributed by atoms with Crippen molar-refractivity contribution in [1.29, 1.82) is 0 Å². The Morgan fingerprint density at radius 2 is 1.00 bits per heavy atom. The number of rotatable bonds is 4. The first kappa shape index (κ1) is 31.8. The maximum Gasteiger partial charge on any atom is 0.143 e. The molecule has 0 radical (unpaired) electrons. The molecule has 0 unspecified atom stereocenters. The first-order chi connectivity index (χ1) is 28.8. The summed E-state index contributed by atoms with van der Waals surface area (Å²) < 4.78 is 14.2. The van der Waals surface area contributed by atoms with Gasteiger partial charge in [0.15, 0.2) is 0 Å². The number of hydrogen-bond acceptors (Lipinski definition) is 2. The molecule has 0 bridgehead atoms. The smallest absolute Gasteiger partial charge is 0.143 e. The number of nitrogens with zero attached hydrogens (tertiary/aromatic N) is 2. The normalized spacial score (nSPS) is 12.1. The number of thiophene rings is 1. The van der Waals surface area contributed by atoms with Crippen molar-refractivity contribution >= 4 is 97.1 Å². The average Bonchev–Trinajstić information content (AvgIpc) is 4.04. The highest BCUT2D eigenvalue weighted by atomic mass is 32.1. The van der Waals surface area contributed by atoms with E-state index in [1.807, 2.05) is 11.3 Å². The molecular formula is C54H32N2OS. The maximum absolute atomic E-state index is 6.78. The van der Waals surface area contributed by atoms with E-state index in [4.69, 9.17) is 4.42 Å². The van der Waals surface area contributed by atoms with Crippen molar-refractivity contribution in [3.8, 4) is 33.6 Å². The summed E-state index contributed by atoms with van der Waals surface area (Å²) in [6.45, 7) is 0. The lowest BCUT2D eigenvalue weighted by Crippen LogP contribution is -1.94. The van der Waals surface area contributed by atoms with E-state index in [-0.39, 0.29) is 0 Å². The Labute approximate surface area is 336 Å². The summed E-state index contributed by atoms with van der Waals surface area (Å²) in [7, 11) is 0. The van der Waals surface area contributed by atoms with E-state index in [2.05, 4.69) is 203 Å². The molecule has 0 spiro atoms. The van der Waals surface area contributed by atoms with E-state index in [9.17, 15) is 0 Å². The predicted molar refractivity (Wildman–Crippen MR) is 246 cm³/mol. The molecule has 58 heavy (non-hydrogen) atoms. The number of furan rings is 1. The van der Waals surface area contributed by atoms with Crippen LogP contribution in [0.5, 0.6) is 0 Å². The van der Waals surface area contributed by atoms with Gasteiger partial charge in [-0.25, -0.2) is 0 Å². The van der Waals surface area contributed by atoms with E-state index >= 15 is 0 Å². The van der Waals surface area contributed by atoms with E-state index in [1.165, 1.54) is 75.0 Å². The first-order valence-electron chi connectivity index (χ1n) is 19.8. The number of hydrogen-bond donors (Lipinski definition) is 0. The fourth-order valence-electron chi connectivity index (χ4n) is 9.52. The molecule has 0 aliphatic heterocycles. The topological polar surface area (TPSA) is 23.0 Å². The van der Waals surface area contributed by atoms with Crippen molar-refractivity contribution in [1.82, 2.24) is 9.13 Å². The highest BCUT2D eigenvalue weighted by Crippen LogP contribution is 2.45. The van der Waals surface area contributed by atoms with Crippen molar-refractivity contribution in [2.24, 2.45) is 0 Å². The van der Waals surface area contributed by atoms with Gasteiger partial charge in [0.05, 0.1) is 32.5 Å². The van der Waals surface area contributed by atoms with Crippen molar-refractivity contribution in [3.05, 3.63) is 194 Å². The number of para-hydroxylation sites is 4. The van der Waals surface area contributed by atoms with Crippen molar-refractivity contribution < 1.29 is 4.42 Å². The summed E-state index contributed by atoms with van der Waals surface area (Å²) in [5.41, 5.74) is 13.4. The highest BCUT2D eigenvalue weighted by molar-refractivity contribution is 7.26. The third kappa shape index (κ3) is 4.49. The summed E-state index contributed by atoms with van der Waals surface area (Å²) in [5, 5.41) is 9.78. The van der Waals surface area contributed by atoms with E-state index < -0.39 is 0 Å². The third-order valence-corrected chi connectivity index (χ3v) is 13.3. The monoisotopic (exact) mass is 756 g/mol. The molecule has 0 fully saturated rings. The van der Waals surface area contributed by atoms with Crippen LogP contribution in [0.4, 0.5) is 0 Å². The number of aromatic nitrogens is 2. The van der Waals surface area contributed by atoms with E-state index in [1.54, 1.807) is 0 Å². The Balaban J connectivity index is 1.07. The maximum atomic E-state index is 6.78. The summed E-state index contributed by atoms with van der Waals surface area (Å²) in [6.07, 6.45) is 0. The lowest BCUT2D eigenvalue weighted by Gasteiger charge is -2.12. The molecule has 4 heterocycles. The zero-order valence-corrected chi connectivity index (χ0v) is 32.0. The van der Waals surface area contributed by atoms with Crippen LogP contribution in [0.15, 0.2) is 199 Å². The average molecular weight is 757 g/mol. The molecule has 4 aromatic heterocycles. The Hall–Kier alpha value is -7.40. The Kier molecular flexibility index (Phi) is 6.60. The van der Waals surface area contributed by atoms with Gasteiger partial charge in [0, 0.05) is 59.0 Å². The van der Waals surface area contributed by atoms with Crippen LogP contribution < -0.4 is 0 Å². The minimum atomic E-state index is 0.893. The van der Waals surface area contributed by atoms with Crippen LogP contribution in [0.1, 0.15) is 0 Å². The molecule has 0 amide bonds. The van der Waals surface area contributed by atoms with Crippen LogP contribution in [-0.2, 0) is 0 Å². The zero-order chi connectivity index (χ0) is 37.9. The van der Waals surface area contributed by atoms with Crippen molar-refractivity contribution in [2.75, 3.05) is 0 Å². The van der Waals surface area contributed by atoms with E-state index in [0.717, 1.165) is 44.3 Å². The fraction of sp³-hybridized carbons (Fsp3) is 0. The SMILES string of the molecule is c1ccc(-n2c3ccccc3c3cc(-c4cc(-c5ccc6c7ccccc7n(-c7cccc8c7sc7ccccc78)c6c5)c5oc6ccccc6c5c4)ccc32)cc1. The van der Waals surface area contributed by atoms with Crippen molar-refractivity contribution in [3.63, 3.8) is 0 Å². The minimum absolute atomic E-state index is 0.893. The largest absolute Gasteiger partial charge is 0.455 e. The highest BCUT2D eigenvalue weighted by Gasteiger charge is 2.21. The molecule has 270 valence electrons. The lowest BCUT2D eigenvalue weighted by atomic mass is 9.94. The molecule has 0 N–H and O–H groups in total. The number of benzene rings is 9. The zero-order valence-electron chi connectivity index (χ0n) is 31.2. The summed E-state index contributed by atoms with van der Waals surface area (Å²) in [5.74, 6) is 0. The Morgan fingerprint density at radius 3 is 1.86 bits per heavy atom. The predicted octanol–water partition coefficient (Wildman–Crippen LogP) is 15.5. The van der Waals surface area contributed by atoms with Crippen LogP contribution in [0.3, 0.4) is 0 Å². The molecule has 0 saturated carbocycles. The molecule has 0 aliphatic carbocycles. The van der Waals surface area contributed by atoms with Gasteiger partial charge >= 0.3 is 0 Å². The summed E-state index contributed by atoms with van der Waals surface area (Å²) in [4.78, 5) is 0. The van der Waals surface area contributed by atoms with E-state index in [0.29, 0.717) is 0 Å². The molecule has 0 saturated heterocycles. The quantitative estimate of drug-likeness (QED) is 0.175. The molecule has 0 aliphatic rings. The second-order valence-electron chi connectivity index (χ2n) is 15.3. The van der Waals surface area contributed by atoms with Gasteiger partial charge in [0.2, 0.25) is 0 Å². The molecule has 13 aromatic rings. The second-order valence-corrected chi connectivity index (χ2v) is 16.3. The first-order valence-corrected chi connectivity index (χ1v) is 20.6. The standard InChI is InChI=1S/C54H32N2OS/c1-2-13-36(14-3-1)55-46-20-8-5-16-38(46)44-29-33(26-28-48(44)55)35-30-43(53-45(31-35)40-17-6-10-23-51(40)57-53)34-25-27-39-37-15-4-9-21-47(37)56(50(39)32-34)49-22-12-19-42-41-18-7-11-24-52(41)58-54(42)49/h1-32H. The molecular weight excluding hydrogens is 725 g/mol. The molecule has 4 heteroatoms. The van der Waals surface area contributed by atoms with Gasteiger partial charge in [0.1, 0.15) is 11.2 Å². The second kappa shape index (κ2) is 12.1. The van der Waals surface area contributed by atoms with Gasteiger partial charge in [-0.15, -0.1) is 11.3 Å². The summed E-state index contributed by atoms with van der Waals surface area (Å²) >= 11 is 1.87. The van der Waals surface area contributed by atoms with Crippen LogP contribution in [0.25, 0.3) is 119 Å². The van der Waals surface area contributed by atoms with Crippen LogP contribution in [-0.4, -0.2) is 9.13 Å². The van der Waals surface area contributed by atoms with Gasteiger partial charge < -0.3 is 13.6 Å². The summed E-state index contributed by atoms with van der Waals surface area (Å²) in [6, 6.07) is 70.7. The fourth-order valence-corrected chi connectivity index (χ4v) is 10.7. The minimum Gasteiger partial charge on any atom is -0.455 e. The van der Waals surface area contributed by atoms with Gasteiger partial charge in [-0.05, 0) is 89.5 Å². The van der Waals surface area contributed by atoms with Gasteiger partial charge in [0.25, 0.3) is 0 Å². The van der Waals surface area contributed by atoms with Crippen molar-refractivity contribution in [2.45, 2.75) is 0 Å². The van der Waals surface area contributed by atoms with Gasteiger partial charge in [-0.1, -0.05) is 121 Å². The van der Waals surface area contributed by atoms with Crippen LogP contribution >= 0.6 is 11.3 Å². The Bertz CT molecular complexity index is 3800. The molecule has 13 rings (SSSR count). The number of fused-ring (bicyclic) bond motifs is 12. The Morgan fingerprint density at radius 1 is 0.362 bits per heavy atom. The van der Waals surface area contributed by atoms with Crippen LogP contribution in [0.2, 0.25) is 0 Å². The molecule has 3 nitrogen and oxygen atoms in total. The molecule has 9 aromatic carbocycles. The van der Waals surface area contributed by atoms with Gasteiger partial charge in [-0.3, -0.25) is 0 Å².